The zero-order valence-electron chi connectivity index (χ0n) is 18.3. The van der Waals surface area contributed by atoms with Crippen LogP contribution in [-0.4, -0.2) is 36.7 Å². The smallest absolute Gasteiger partial charge is 0.343 e. The molecular weight excluding hydrogens is 456 g/mol. The average molecular weight is 474 g/mol. The third kappa shape index (κ3) is 6.62. The van der Waals surface area contributed by atoms with E-state index >= 15 is 0 Å². The summed E-state index contributed by atoms with van der Waals surface area (Å²) in [6.07, 6.45) is 1.35. The number of nitriles is 1. The Balaban J connectivity index is 1.58. The zero-order chi connectivity index (χ0) is 25.2. The molecule has 0 aliphatic heterocycles. The van der Waals surface area contributed by atoms with E-state index in [4.69, 9.17) is 19.5 Å². The molecule has 11 heteroatoms. The number of para-hydroxylation sites is 1. The predicted octanol–water partition coefficient (Wildman–Crippen LogP) is 3.22. The van der Waals surface area contributed by atoms with Gasteiger partial charge in [-0.3, -0.25) is 14.9 Å². The molecule has 0 heterocycles. The Hall–Kier alpha value is -5.24. The fourth-order valence-electron chi connectivity index (χ4n) is 2.77. The summed E-state index contributed by atoms with van der Waals surface area (Å²) in [5.41, 5.74) is 3.14. The lowest BCUT2D eigenvalue weighted by molar-refractivity contribution is -0.384. The van der Waals surface area contributed by atoms with Gasteiger partial charge in [0.2, 0.25) is 0 Å². The predicted molar refractivity (Wildman–Crippen MR) is 123 cm³/mol. The number of hydrogen-bond acceptors (Lipinski definition) is 9. The van der Waals surface area contributed by atoms with Gasteiger partial charge in [-0.15, -0.1) is 0 Å². The molecule has 1 N–H and O–H groups in total. The number of hydrazone groups is 1. The molecule has 0 radical (unpaired) electrons. The Morgan fingerprint density at radius 1 is 1.09 bits per heavy atom. The van der Waals surface area contributed by atoms with Gasteiger partial charge in [-0.2, -0.15) is 10.4 Å². The van der Waals surface area contributed by atoms with Gasteiger partial charge in [0.25, 0.3) is 11.6 Å². The van der Waals surface area contributed by atoms with Crippen molar-refractivity contribution in [2.75, 3.05) is 13.7 Å². The fourth-order valence-corrected chi connectivity index (χ4v) is 2.77. The van der Waals surface area contributed by atoms with Gasteiger partial charge in [-0.25, -0.2) is 10.2 Å². The molecule has 0 saturated carbocycles. The van der Waals surface area contributed by atoms with E-state index in [2.05, 4.69) is 10.5 Å². The van der Waals surface area contributed by atoms with Gasteiger partial charge in [-0.1, -0.05) is 12.1 Å². The molecule has 3 aromatic carbocycles. The lowest BCUT2D eigenvalue weighted by atomic mass is 10.2. The maximum absolute atomic E-state index is 12.3. The second-order valence-electron chi connectivity index (χ2n) is 6.79. The normalized spacial score (nSPS) is 10.3. The van der Waals surface area contributed by atoms with Crippen molar-refractivity contribution < 1.29 is 28.7 Å². The number of amides is 1. The first-order chi connectivity index (χ1) is 16.9. The Labute approximate surface area is 199 Å². The summed E-state index contributed by atoms with van der Waals surface area (Å²) < 4.78 is 15.9. The van der Waals surface area contributed by atoms with Crippen LogP contribution in [0, 0.1) is 21.4 Å². The number of rotatable bonds is 9. The van der Waals surface area contributed by atoms with Crippen LogP contribution in [0.3, 0.4) is 0 Å². The van der Waals surface area contributed by atoms with Crippen LogP contribution in [0.15, 0.2) is 71.8 Å². The number of carbonyl (C=O) groups is 2. The van der Waals surface area contributed by atoms with Gasteiger partial charge in [0, 0.05) is 12.1 Å². The highest BCUT2D eigenvalue weighted by Gasteiger charge is 2.14. The minimum Gasteiger partial charge on any atom is -0.493 e. The molecule has 176 valence electrons. The molecule has 0 spiro atoms. The minimum atomic E-state index is -0.718. The summed E-state index contributed by atoms with van der Waals surface area (Å²) in [6.45, 7) is -0.336. The summed E-state index contributed by atoms with van der Waals surface area (Å²) in [6, 6.07) is 18.1. The van der Waals surface area contributed by atoms with Crippen molar-refractivity contribution in [3.63, 3.8) is 0 Å². The number of non-ortho nitro benzene ring substituents is 1. The molecule has 0 aliphatic carbocycles. The SMILES string of the molecule is COc1cc(/C=N/NC(=O)COc2ccccc2C#N)ccc1OC(=O)c1ccc([N+](=O)[O-])cc1. The first-order valence-corrected chi connectivity index (χ1v) is 9.99. The van der Waals surface area contributed by atoms with Crippen molar-refractivity contribution in [2.45, 2.75) is 0 Å². The molecule has 0 atom stereocenters. The van der Waals surface area contributed by atoms with Crippen molar-refractivity contribution in [3.8, 4) is 23.3 Å². The maximum Gasteiger partial charge on any atom is 0.343 e. The van der Waals surface area contributed by atoms with Crippen molar-refractivity contribution in [1.29, 1.82) is 5.26 Å². The molecule has 3 aromatic rings. The Bertz CT molecular complexity index is 1310. The molecule has 0 bridgehead atoms. The van der Waals surface area contributed by atoms with E-state index in [9.17, 15) is 19.7 Å². The van der Waals surface area contributed by atoms with Crippen LogP contribution < -0.4 is 19.6 Å². The number of nitrogens with zero attached hydrogens (tertiary/aromatic N) is 3. The van der Waals surface area contributed by atoms with Gasteiger partial charge in [-0.05, 0) is 48.0 Å². The van der Waals surface area contributed by atoms with Crippen LogP contribution in [0.25, 0.3) is 0 Å². The standard InChI is InChI=1S/C24H18N4O7/c1-33-22-12-16(14-26-27-23(29)15-34-20-5-3-2-4-18(20)13-25)6-11-21(22)35-24(30)17-7-9-19(10-8-17)28(31)32/h2-12,14H,15H2,1H3,(H,27,29)/b26-14+. The molecular formula is C24H18N4O7. The van der Waals surface area contributed by atoms with Gasteiger partial charge in [0.15, 0.2) is 18.1 Å². The third-order valence-corrected chi connectivity index (χ3v) is 4.47. The summed E-state index contributed by atoms with van der Waals surface area (Å²) >= 11 is 0. The largest absolute Gasteiger partial charge is 0.493 e. The molecule has 11 nitrogen and oxygen atoms in total. The summed E-state index contributed by atoms with van der Waals surface area (Å²) in [7, 11) is 1.39. The number of nitro groups is 1. The number of nitro benzene ring substituents is 1. The Morgan fingerprint density at radius 3 is 2.51 bits per heavy atom. The second kappa shape index (κ2) is 11.6. The first kappa shape index (κ1) is 24.4. The van der Waals surface area contributed by atoms with Crippen LogP contribution >= 0.6 is 0 Å². The monoisotopic (exact) mass is 474 g/mol. The van der Waals surface area contributed by atoms with Crippen LogP contribution in [0.5, 0.6) is 17.2 Å². The van der Waals surface area contributed by atoms with E-state index in [0.717, 1.165) is 0 Å². The second-order valence-corrected chi connectivity index (χ2v) is 6.79. The number of esters is 1. The zero-order valence-corrected chi connectivity index (χ0v) is 18.3. The quantitative estimate of drug-likeness (QED) is 0.163. The van der Waals surface area contributed by atoms with E-state index in [0.29, 0.717) is 11.1 Å². The number of benzene rings is 3. The van der Waals surface area contributed by atoms with Crippen LogP contribution in [0.1, 0.15) is 21.5 Å². The van der Waals surface area contributed by atoms with E-state index in [1.165, 1.54) is 49.7 Å². The highest BCUT2D eigenvalue weighted by Crippen LogP contribution is 2.28. The molecule has 3 rings (SSSR count). The lowest BCUT2D eigenvalue weighted by Gasteiger charge is -2.10. The Morgan fingerprint density at radius 2 is 1.83 bits per heavy atom. The van der Waals surface area contributed by atoms with Gasteiger partial charge < -0.3 is 14.2 Å². The molecule has 0 fully saturated rings. The number of ether oxygens (including phenoxy) is 3. The summed E-state index contributed by atoms with van der Waals surface area (Å²) in [4.78, 5) is 34.5. The fraction of sp³-hybridized carbons (Fsp3) is 0.0833. The van der Waals surface area contributed by atoms with Crippen molar-refractivity contribution in [1.82, 2.24) is 5.43 Å². The first-order valence-electron chi connectivity index (χ1n) is 9.99. The van der Waals surface area contributed by atoms with E-state index in [-0.39, 0.29) is 35.1 Å². The number of hydrogen-bond donors (Lipinski definition) is 1. The topological polar surface area (TPSA) is 153 Å². The molecule has 1 amide bonds. The van der Waals surface area contributed by atoms with Crippen molar-refractivity contribution in [3.05, 3.63) is 93.5 Å². The number of methoxy groups -OCH3 is 1. The molecule has 0 saturated heterocycles. The molecule has 0 unspecified atom stereocenters. The van der Waals surface area contributed by atoms with Crippen molar-refractivity contribution in [2.24, 2.45) is 5.10 Å². The molecule has 35 heavy (non-hydrogen) atoms. The van der Waals surface area contributed by atoms with Crippen LogP contribution in [0.2, 0.25) is 0 Å². The summed E-state index contributed by atoms with van der Waals surface area (Å²) in [5, 5.41) is 23.6. The molecule has 0 aromatic heterocycles. The van der Waals surface area contributed by atoms with Crippen molar-refractivity contribution >= 4 is 23.8 Å². The lowest BCUT2D eigenvalue weighted by Crippen LogP contribution is -2.24. The summed E-state index contributed by atoms with van der Waals surface area (Å²) in [5.74, 6) is -0.606. The van der Waals surface area contributed by atoms with Gasteiger partial charge >= 0.3 is 5.97 Å². The van der Waals surface area contributed by atoms with Crippen LogP contribution in [-0.2, 0) is 4.79 Å². The average Bonchev–Trinajstić information content (AvgIpc) is 2.88. The molecule has 0 aliphatic rings. The van der Waals surface area contributed by atoms with Crippen LogP contribution in [0.4, 0.5) is 5.69 Å². The van der Waals surface area contributed by atoms with E-state index in [1.807, 2.05) is 6.07 Å². The van der Waals surface area contributed by atoms with Gasteiger partial charge in [0.1, 0.15) is 11.8 Å². The highest BCUT2D eigenvalue weighted by atomic mass is 16.6. The third-order valence-electron chi connectivity index (χ3n) is 4.47. The minimum absolute atomic E-state index is 0.126. The Kier molecular flexibility index (Phi) is 8.07. The highest BCUT2D eigenvalue weighted by molar-refractivity contribution is 5.92. The van der Waals surface area contributed by atoms with Gasteiger partial charge in [0.05, 0.1) is 29.4 Å². The number of nitrogens with one attached hydrogen (secondary N) is 1. The number of carbonyl (C=O) groups excluding carboxylic acids is 2. The van der Waals surface area contributed by atoms with E-state index in [1.54, 1.807) is 30.3 Å². The maximum atomic E-state index is 12.3. The van der Waals surface area contributed by atoms with E-state index < -0.39 is 16.8 Å².